The molecular formula is C15H22N4O. The summed E-state index contributed by atoms with van der Waals surface area (Å²) in [6.45, 7) is 3.12. The lowest BCUT2D eigenvalue weighted by molar-refractivity contribution is 0.392. The third kappa shape index (κ3) is 3.36. The summed E-state index contributed by atoms with van der Waals surface area (Å²) in [7, 11) is 3.63. The van der Waals surface area contributed by atoms with Gasteiger partial charge in [0.1, 0.15) is 0 Å². The van der Waals surface area contributed by atoms with Crippen molar-refractivity contribution in [3.63, 3.8) is 0 Å². The van der Waals surface area contributed by atoms with Crippen LogP contribution in [0.5, 0.6) is 5.75 Å². The Morgan fingerprint density at radius 2 is 2.25 bits per heavy atom. The molecule has 0 amide bonds. The van der Waals surface area contributed by atoms with Crippen LogP contribution >= 0.6 is 0 Å². The van der Waals surface area contributed by atoms with Gasteiger partial charge < -0.3 is 10.1 Å². The third-order valence-electron chi connectivity index (χ3n) is 3.30. The molecule has 0 spiro atoms. The quantitative estimate of drug-likeness (QED) is 0.840. The highest BCUT2D eigenvalue weighted by Crippen LogP contribution is 2.26. The highest BCUT2D eigenvalue weighted by atomic mass is 16.5. The first-order valence-corrected chi connectivity index (χ1v) is 6.94. The molecule has 0 bridgehead atoms. The molecule has 0 aromatic carbocycles. The van der Waals surface area contributed by atoms with Crippen molar-refractivity contribution in [2.45, 2.75) is 25.8 Å². The van der Waals surface area contributed by atoms with E-state index < -0.39 is 0 Å². The lowest BCUT2D eigenvalue weighted by Gasteiger charge is -2.20. The molecule has 1 atom stereocenters. The molecule has 2 heterocycles. The number of nitrogens with zero attached hydrogens (tertiary/aromatic N) is 3. The van der Waals surface area contributed by atoms with E-state index in [0.717, 1.165) is 30.8 Å². The van der Waals surface area contributed by atoms with Crippen molar-refractivity contribution >= 4 is 0 Å². The van der Waals surface area contributed by atoms with Crippen molar-refractivity contribution in [2.75, 3.05) is 13.7 Å². The summed E-state index contributed by atoms with van der Waals surface area (Å²) in [4.78, 5) is 4.18. The third-order valence-corrected chi connectivity index (χ3v) is 3.30. The van der Waals surface area contributed by atoms with Crippen LogP contribution < -0.4 is 10.1 Å². The van der Waals surface area contributed by atoms with Crippen LogP contribution in [0.2, 0.25) is 0 Å². The van der Waals surface area contributed by atoms with Crippen LogP contribution in [0.1, 0.15) is 30.6 Å². The van der Waals surface area contributed by atoms with E-state index >= 15 is 0 Å². The minimum atomic E-state index is 0.168. The first kappa shape index (κ1) is 14.5. The molecule has 2 aromatic heterocycles. The second kappa shape index (κ2) is 7.05. The number of aromatic nitrogens is 3. The van der Waals surface area contributed by atoms with Crippen molar-refractivity contribution < 1.29 is 4.74 Å². The van der Waals surface area contributed by atoms with E-state index in [1.807, 2.05) is 24.0 Å². The SMILES string of the molecule is CCCNC(Cc1cccnc1)c1c(OC)cnn1C. The van der Waals surface area contributed by atoms with Gasteiger partial charge in [-0.25, -0.2) is 0 Å². The van der Waals surface area contributed by atoms with Gasteiger partial charge in [-0.15, -0.1) is 0 Å². The van der Waals surface area contributed by atoms with Gasteiger partial charge in [-0.1, -0.05) is 13.0 Å². The highest BCUT2D eigenvalue weighted by Gasteiger charge is 2.20. The summed E-state index contributed by atoms with van der Waals surface area (Å²) in [6.07, 6.45) is 7.42. The maximum absolute atomic E-state index is 5.43. The van der Waals surface area contributed by atoms with Gasteiger partial charge in [0.2, 0.25) is 0 Å². The van der Waals surface area contributed by atoms with Crippen molar-refractivity contribution in [1.29, 1.82) is 0 Å². The fraction of sp³-hybridized carbons (Fsp3) is 0.467. The van der Waals surface area contributed by atoms with Gasteiger partial charge in [-0.05, 0) is 31.0 Å². The number of aryl methyl sites for hydroxylation is 1. The molecule has 1 N–H and O–H groups in total. The molecule has 5 nitrogen and oxygen atoms in total. The van der Waals surface area contributed by atoms with Crippen LogP contribution in [0.4, 0.5) is 0 Å². The first-order chi connectivity index (χ1) is 9.76. The number of hydrogen-bond donors (Lipinski definition) is 1. The van der Waals surface area contributed by atoms with E-state index in [1.54, 1.807) is 19.5 Å². The molecule has 2 aromatic rings. The minimum absolute atomic E-state index is 0.168. The van der Waals surface area contributed by atoms with Gasteiger partial charge >= 0.3 is 0 Å². The molecular weight excluding hydrogens is 252 g/mol. The molecule has 108 valence electrons. The predicted octanol–water partition coefficient (Wildman–Crippen LogP) is 2.11. The van der Waals surface area contributed by atoms with E-state index in [2.05, 4.69) is 28.4 Å². The van der Waals surface area contributed by atoms with Crippen LogP contribution in [-0.4, -0.2) is 28.4 Å². The van der Waals surface area contributed by atoms with Crippen LogP contribution in [0.25, 0.3) is 0 Å². The number of methoxy groups -OCH3 is 1. The monoisotopic (exact) mass is 274 g/mol. The van der Waals surface area contributed by atoms with Crippen molar-refractivity contribution in [3.05, 3.63) is 42.0 Å². The summed E-state index contributed by atoms with van der Waals surface area (Å²) < 4.78 is 7.30. The van der Waals surface area contributed by atoms with Crippen LogP contribution in [0.3, 0.4) is 0 Å². The molecule has 5 heteroatoms. The predicted molar refractivity (Wildman–Crippen MR) is 78.7 cm³/mol. The van der Waals surface area contributed by atoms with Crippen molar-refractivity contribution in [2.24, 2.45) is 7.05 Å². The maximum atomic E-state index is 5.43. The fourth-order valence-electron chi connectivity index (χ4n) is 2.32. The average molecular weight is 274 g/mol. The summed E-state index contributed by atoms with van der Waals surface area (Å²) in [5.74, 6) is 0.824. The molecule has 0 aliphatic rings. The lowest BCUT2D eigenvalue weighted by Crippen LogP contribution is -2.26. The summed E-state index contributed by atoms with van der Waals surface area (Å²) >= 11 is 0. The van der Waals surface area contributed by atoms with E-state index in [1.165, 1.54) is 5.56 Å². The average Bonchev–Trinajstić information content (AvgIpc) is 2.85. The summed E-state index contributed by atoms with van der Waals surface area (Å²) in [5, 5.41) is 7.86. The Hall–Kier alpha value is -1.88. The van der Waals surface area contributed by atoms with Gasteiger partial charge in [-0.3, -0.25) is 9.67 Å². The Morgan fingerprint density at radius 3 is 2.90 bits per heavy atom. The van der Waals surface area contributed by atoms with Crippen LogP contribution in [-0.2, 0) is 13.5 Å². The zero-order valence-electron chi connectivity index (χ0n) is 12.3. The zero-order valence-corrected chi connectivity index (χ0v) is 12.3. The Kier molecular flexibility index (Phi) is 5.12. The smallest absolute Gasteiger partial charge is 0.161 e. The Morgan fingerprint density at radius 1 is 1.40 bits per heavy atom. The second-order valence-electron chi connectivity index (χ2n) is 4.79. The molecule has 0 radical (unpaired) electrons. The van der Waals surface area contributed by atoms with Gasteiger partial charge in [0, 0.05) is 19.4 Å². The number of rotatable bonds is 7. The standard InChI is InChI=1S/C15H22N4O/c1-4-7-17-13(9-12-6-5-8-16-10-12)15-14(20-3)11-18-19(15)2/h5-6,8,10-11,13,17H,4,7,9H2,1-3H3. The summed E-state index contributed by atoms with van der Waals surface area (Å²) in [6, 6.07) is 4.23. The normalized spacial score (nSPS) is 12.3. The molecule has 0 saturated heterocycles. The van der Waals surface area contributed by atoms with Gasteiger partial charge in [0.05, 0.1) is 25.0 Å². The Labute approximate surface area is 120 Å². The lowest BCUT2D eigenvalue weighted by atomic mass is 10.0. The molecule has 0 saturated carbocycles. The second-order valence-corrected chi connectivity index (χ2v) is 4.79. The molecule has 0 aliphatic heterocycles. The summed E-state index contributed by atoms with van der Waals surface area (Å²) in [5.41, 5.74) is 2.27. The topological polar surface area (TPSA) is 52.0 Å². The van der Waals surface area contributed by atoms with Gasteiger partial charge in [0.15, 0.2) is 5.75 Å². The van der Waals surface area contributed by atoms with E-state index in [0.29, 0.717) is 0 Å². The Bertz CT molecular complexity index is 524. The number of hydrogen-bond acceptors (Lipinski definition) is 4. The van der Waals surface area contributed by atoms with Crippen molar-refractivity contribution in [1.82, 2.24) is 20.1 Å². The van der Waals surface area contributed by atoms with E-state index in [-0.39, 0.29) is 6.04 Å². The molecule has 0 aliphatic carbocycles. The number of ether oxygens (including phenoxy) is 1. The number of pyridine rings is 1. The van der Waals surface area contributed by atoms with E-state index in [4.69, 9.17) is 4.74 Å². The van der Waals surface area contributed by atoms with Crippen molar-refractivity contribution in [3.8, 4) is 5.75 Å². The molecule has 2 rings (SSSR count). The fourth-order valence-corrected chi connectivity index (χ4v) is 2.32. The van der Waals surface area contributed by atoms with E-state index in [9.17, 15) is 0 Å². The zero-order chi connectivity index (χ0) is 14.4. The Balaban J connectivity index is 2.24. The van der Waals surface area contributed by atoms with Crippen LogP contribution in [0.15, 0.2) is 30.7 Å². The molecule has 1 unspecified atom stereocenters. The largest absolute Gasteiger partial charge is 0.493 e. The number of nitrogens with one attached hydrogen (secondary N) is 1. The first-order valence-electron chi connectivity index (χ1n) is 6.94. The highest BCUT2D eigenvalue weighted by molar-refractivity contribution is 5.29. The van der Waals surface area contributed by atoms with Gasteiger partial charge in [-0.2, -0.15) is 5.10 Å². The maximum Gasteiger partial charge on any atom is 0.161 e. The van der Waals surface area contributed by atoms with Gasteiger partial charge in [0.25, 0.3) is 0 Å². The van der Waals surface area contributed by atoms with Crippen LogP contribution in [0, 0.1) is 0 Å². The molecule has 0 fully saturated rings. The molecule has 20 heavy (non-hydrogen) atoms. The minimum Gasteiger partial charge on any atom is -0.493 e.